The van der Waals surface area contributed by atoms with Crippen molar-refractivity contribution in [3.05, 3.63) is 12.7 Å². The van der Waals surface area contributed by atoms with Crippen molar-refractivity contribution in [2.24, 2.45) is 33.7 Å². The summed E-state index contributed by atoms with van der Waals surface area (Å²) in [6.45, 7) is 16.2. The van der Waals surface area contributed by atoms with E-state index in [4.69, 9.17) is 9.57 Å². The Morgan fingerprint density at radius 2 is 2.15 bits per heavy atom. The maximum atomic E-state index is 12.3. The third kappa shape index (κ3) is 4.76. The molecule has 4 heteroatoms. The number of nitrogens with zero attached hydrogens (tertiary/aromatic N) is 1. The zero-order chi connectivity index (χ0) is 19.4. The highest BCUT2D eigenvalue weighted by atomic mass is 16.6. The maximum absolute atomic E-state index is 12.3. The first-order chi connectivity index (χ1) is 12.2. The van der Waals surface area contributed by atoms with E-state index in [1.165, 1.54) is 6.42 Å². The fourth-order valence-electron chi connectivity index (χ4n) is 4.91. The standard InChI is InChI=1S/C22H37NO3/c1-7-13-26-23-20(21(3,4)5)15-25-14-16(2)17-10-11-18-19(24)9-8-12-22(17,18)6/h7,16-18H,1,8-15H2,2-6H3/b23-20+/t16-,17-,18+,22-/m1/s1. The highest BCUT2D eigenvalue weighted by Gasteiger charge is 2.52. The third-order valence-corrected chi connectivity index (χ3v) is 6.48. The van der Waals surface area contributed by atoms with Crippen molar-refractivity contribution in [1.82, 2.24) is 0 Å². The Morgan fingerprint density at radius 3 is 2.81 bits per heavy atom. The molecule has 0 bridgehead atoms. The average molecular weight is 364 g/mol. The summed E-state index contributed by atoms with van der Waals surface area (Å²) in [6, 6.07) is 0. The summed E-state index contributed by atoms with van der Waals surface area (Å²) in [5.41, 5.74) is 0.992. The highest BCUT2D eigenvalue weighted by Crippen LogP contribution is 2.56. The lowest BCUT2D eigenvalue weighted by atomic mass is 9.62. The summed E-state index contributed by atoms with van der Waals surface area (Å²) < 4.78 is 6.06. The minimum absolute atomic E-state index is 0.0926. The summed E-state index contributed by atoms with van der Waals surface area (Å²) in [5, 5.41) is 4.24. The molecule has 148 valence electrons. The van der Waals surface area contributed by atoms with Crippen molar-refractivity contribution < 1.29 is 14.4 Å². The monoisotopic (exact) mass is 363 g/mol. The molecule has 0 aliphatic heterocycles. The molecule has 0 aromatic carbocycles. The fraction of sp³-hybridized carbons (Fsp3) is 0.818. The number of rotatable bonds is 8. The number of hydrogen-bond acceptors (Lipinski definition) is 4. The van der Waals surface area contributed by atoms with Gasteiger partial charge >= 0.3 is 0 Å². The van der Waals surface area contributed by atoms with Gasteiger partial charge in [0.15, 0.2) is 0 Å². The van der Waals surface area contributed by atoms with E-state index >= 15 is 0 Å². The third-order valence-electron chi connectivity index (χ3n) is 6.48. The van der Waals surface area contributed by atoms with Crippen molar-refractivity contribution in [2.45, 2.75) is 66.7 Å². The summed E-state index contributed by atoms with van der Waals surface area (Å²) in [4.78, 5) is 17.6. The number of fused-ring (bicyclic) bond motifs is 1. The van der Waals surface area contributed by atoms with Crippen LogP contribution in [0.5, 0.6) is 0 Å². The van der Waals surface area contributed by atoms with Gasteiger partial charge in [0.25, 0.3) is 0 Å². The zero-order valence-electron chi connectivity index (χ0n) is 17.3. The van der Waals surface area contributed by atoms with Crippen LogP contribution < -0.4 is 0 Å². The number of oxime groups is 1. The zero-order valence-corrected chi connectivity index (χ0v) is 17.3. The predicted octanol–water partition coefficient (Wildman–Crippen LogP) is 5.03. The Kier molecular flexibility index (Phi) is 7.06. The van der Waals surface area contributed by atoms with E-state index < -0.39 is 0 Å². The van der Waals surface area contributed by atoms with Gasteiger partial charge in [-0.25, -0.2) is 0 Å². The van der Waals surface area contributed by atoms with Crippen LogP contribution in [-0.2, 0) is 14.4 Å². The quantitative estimate of drug-likeness (QED) is 0.263. The van der Waals surface area contributed by atoms with Gasteiger partial charge in [-0.2, -0.15) is 0 Å². The first-order valence-corrected chi connectivity index (χ1v) is 10.1. The van der Waals surface area contributed by atoms with Gasteiger partial charge in [-0.15, -0.1) is 0 Å². The van der Waals surface area contributed by atoms with E-state index in [2.05, 4.69) is 46.4 Å². The molecule has 0 heterocycles. The van der Waals surface area contributed by atoms with E-state index in [0.29, 0.717) is 37.4 Å². The number of hydrogen-bond donors (Lipinski definition) is 0. The van der Waals surface area contributed by atoms with Crippen molar-refractivity contribution in [2.75, 3.05) is 19.8 Å². The second-order valence-corrected chi connectivity index (χ2v) is 9.43. The van der Waals surface area contributed by atoms with Crippen LogP contribution in [0.3, 0.4) is 0 Å². The largest absolute Gasteiger partial charge is 0.392 e. The van der Waals surface area contributed by atoms with Crippen LogP contribution in [0.1, 0.15) is 66.7 Å². The van der Waals surface area contributed by atoms with Crippen LogP contribution in [0.2, 0.25) is 0 Å². The summed E-state index contributed by atoms with van der Waals surface area (Å²) in [6.07, 6.45) is 6.93. The van der Waals surface area contributed by atoms with Crippen molar-refractivity contribution >= 4 is 11.5 Å². The van der Waals surface area contributed by atoms with Gasteiger partial charge in [0.05, 0.1) is 12.3 Å². The smallest absolute Gasteiger partial charge is 0.136 e. The molecule has 0 aromatic rings. The van der Waals surface area contributed by atoms with Crippen LogP contribution in [-0.4, -0.2) is 31.3 Å². The molecule has 2 aliphatic rings. The van der Waals surface area contributed by atoms with Crippen molar-refractivity contribution in [1.29, 1.82) is 0 Å². The molecule has 0 unspecified atom stereocenters. The summed E-state index contributed by atoms with van der Waals surface area (Å²) in [5.74, 6) is 1.80. The van der Waals surface area contributed by atoms with Gasteiger partial charge in [-0.3, -0.25) is 4.79 Å². The molecule has 0 N–H and O–H groups in total. The molecule has 2 fully saturated rings. The molecule has 0 aromatic heterocycles. The van der Waals surface area contributed by atoms with Gasteiger partial charge in [0.1, 0.15) is 12.4 Å². The summed E-state index contributed by atoms with van der Waals surface area (Å²) in [7, 11) is 0. The lowest BCUT2D eigenvalue weighted by Gasteiger charge is -2.42. The number of ketones is 1. The Hall–Kier alpha value is -1.16. The van der Waals surface area contributed by atoms with E-state index in [1.807, 2.05) is 0 Å². The fourth-order valence-corrected chi connectivity index (χ4v) is 4.91. The Bertz CT molecular complexity index is 534. The van der Waals surface area contributed by atoms with Crippen molar-refractivity contribution in [3.63, 3.8) is 0 Å². The minimum atomic E-state index is -0.0926. The van der Waals surface area contributed by atoms with Gasteiger partial charge in [0.2, 0.25) is 0 Å². The molecular formula is C22H37NO3. The molecule has 0 saturated heterocycles. The van der Waals surface area contributed by atoms with E-state index in [0.717, 1.165) is 31.4 Å². The highest BCUT2D eigenvalue weighted by molar-refractivity contribution is 5.90. The molecule has 2 saturated carbocycles. The topological polar surface area (TPSA) is 47.9 Å². The minimum Gasteiger partial charge on any atom is -0.392 e. The van der Waals surface area contributed by atoms with Gasteiger partial charge in [-0.1, -0.05) is 52.4 Å². The lowest BCUT2D eigenvalue weighted by molar-refractivity contribution is -0.130. The molecule has 26 heavy (non-hydrogen) atoms. The van der Waals surface area contributed by atoms with Crippen LogP contribution in [0, 0.1) is 28.6 Å². The van der Waals surface area contributed by atoms with Crippen LogP contribution in [0.15, 0.2) is 17.8 Å². The lowest BCUT2D eigenvalue weighted by Crippen LogP contribution is -2.40. The van der Waals surface area contributed by atoms with Gasteiger partial charge in [-0.05, 0) is 42.9 Å². The molecule has 0 radical (unpaired) electrons. The predicted molar refractivity (Wildman–Crippen MR) is 106 cm³/mol. The Morgan fingerprint density at radius 1 is 1.42 bits per heavy atom. The summed E-state index contributed by atoms with van der Waals surface area (Å²) >= 11 is 0. The molecule has 4 nitrogen and oxygen atoms in total. The number of carbonyl (C=O) groups is 1. The molecule has 2 aliphatic carbocycles. The van der Waals surface area contributed by atoms with Crippen LogP contribution in [0.25, 0.3) is 0 Å². The van der Waals surface area contributed by atoms with E-state index in [9.17, 15) is 4.79 Å². The Balaban J connectivity index is 1.91. The second-order valence-electron chi connectivity index (χ2n) is 9.43. The first kappa shape index (κ1) is 21.1. The molecular weight excluding hydrogens is 326 g/mol. The number of ether oxygens (including phenoxy) is 1. The van der Waals surface area contributed by atoms with Crippen molar-refractivity contribution in [3.8, 4) is 0 Å². The van der Waals surface area contributed by atoms with Gasteiger partial charge < -0.3 is 9.57 Å². The number of carbonyl (C=O) groups excluding carboxylic acids is 1. The molecule has 2 rings (SSSR count). The SMILES string of the molecule is C=CCO/N=C(\COC[C@@H](C)[C@H]1CC[C@H]2C(=O)CCC[C@]12C)C(C)(C)C. The molecule has 4 atom stereocenters. The first-order valence-electron chi connectivity index (χ1n) is 10.1. The normalized spacial score (nSPS) is 30.8. The second kappa shape index (κ2) is 8.69. The van der Waals surface area contributed by atoms with E-state index in [-0.39, 0.29) is 16.7 Å². The van der Waals surface area contributed by atoms with E-state index in [1.54, 1.807) is 6.08 Å². The van der Waals surface area contributed by atoms with Gasteiger partial charge in [0, 0.05) is 24.4 Å². The van der Waals surface area contributed by atoms with Crippen LogP contribution >= 0.6 is 0 Å². The van der Waals surface area contributed by atoms with Crippen LogP contribution in [0.4, 0.5) is 0 Å². The Labute approximate surface area is 159 Å². The molecule has 0 amide bonds. The average Bonchev–Trinajstić information content (AvgIpc) is 2.91. The maximum Gasteiger partial charge on any atom is 0.136 e. The molecule has 0 spiro atoms. The number of Topliss-reactive ketones (excluding diaryl/α,β-unsaturated/α-hetero) is 1.